The van der Waals surface area contributed by atoms with Gasteiger partial charge in [-0.3, -0.25) is 9.59 Å². The van der Waals surface area contributed by atoms with Gasteiger partial charge < -0.3 is 10.1 Å². The number of benzene rings is 2. The normalized spacial score (nSPS) is 12.2. The van der Waals surface area contributed by atoms with Gasteiger partial charge in [0.25, 0.3) is 5.91 Å². The van der Waals surface area contributed by atoms with Crippen molar-refractivity contribution in [1.82, 2.24) is 4.72 Å². The van der Waals surface area contributed by atoms with E-state index in [0.717, 1.165) is 17.5 Å². The van der Waals surface area contributed by atoms with Gasteiger partial charge in [-0.25, -0.2) is 13.1 Å². The van der Waals surface area contributed by atoms with Gasteiger partial charge in [-0.1, -0.05) is 36.8 Å². The molecule has 0 saturated heterocycles. The second-order valence-electron chi connectivity index (χ2n) is 6.63. The van der Waals surface area contributed by atoms with E-state index in [-0.39, 0.29) is 17.9 Å². The van der Waals surface area contributed by atoms with E-state index in [1.165, 1.54) is 19.1 Å². The van der Waals surface area contributed by atoms with E-state index in [1.807, 2.05) is 26.0 Å². The number of nitrogens with one attached hydrogen (secondary N) is 2. The number of rotatable bonds is 9. The molecular weight excluding hydrogens is 392 g/mol. The van der Waals surface area contributed by atoms with Gasteiger partial charge in [0, 0.05) is 12.2 Å². The summed E-state index contributed by atoms with van der Waals surface area (Å²) in [5, 5.41) is 2.68. The summed E-state index contributed by atoms with van der Waals surface area (Å²) < 4.78 is 31.8. The van der Waals surface area contributed by atoms with Crippen LogP contribution in [0, 0.1) is 6.92 Å². The third kappa shape index (κ3) is 6.99. The van der Waals surface area contributed by atoms with Crippen molar-refractivity contribution in [2.45, 2.75) is 44.6 Å². The molecule has 2 rings (SSSR count). The van der Waals surface area contributed by atoms with Gasteiger partial charge >= 0.3 is 5.97 Å². The summed E-state index contributed by atoms with van der Waals surface area (Å²) in [5.74, 6) is -1.12. The highest BCUT2D eigenvalue weighted by Gasteiger charge is 2.19. The van der Waals surface area contributed by atoms with Gasteiger partial charge in [0.1, 0.15) is 0 Å². The van der Waals surface area contributed by atoms with Crippen LogP contribution in [0.2, 0.25) is 0 Å². The molecule has 0 heterocycles. The highest BCUT2D eigenvalue weighted by atomic mass is 32.2. The van der Waals surface area contributed by atoms with E-state index >= 15 is 0 Å². The molecule has 8 heteroatoms. The van der Waals surface area contributed by atoms with Crippen molar-refractivity contribution in [3.05, 3.63) is 59.7 Å². The molecule has 2 N–H and O–H groups in total. The molecule has 0 aliphatic carbocycles. The Labute approximate surface area is 171 Å². The molecule has 0 saturated carbocycles. The standard InChI is InChI=1S/C21H26N2O5S/c1-4-17-7-9-18(10-8-17)23-21(25)16(3)28-20(24)13-14-22-29(26,27)19-11-5-15(2)6-12-19/h5-12,16,22H,4,13-14H2,1-3H3,(H,23,25). The van der Waals surface area contributed by atoms with Crippen LogP contribution in [0.15, 0.2) is 53.4 Å². The molecule has 0 bridgehead atoms. The van der Waals surface area contributed by atoms with Crippen LogP contribution in [0.5, 0.6) is 0 Å². The summed E-state index contributed by atoms with van der Waals surface area (Å²) in [6.45, 7) is 5.24. The van der Waals surface area contributed by atoms with Crippen LogP contribution in [0.1, 0.15) is 31.4 Å². The second kappa shape index (κ2) is 10.2. The molecule has 7 nitrogen and oxygen atoms in total. The molecule has 0 fully saturated rings. The topological polar surface area (TPSA) is 102 Å². The molecule has 0 spiro atoms. The molecule has 0 radical (unpaired) electrons. The summed E-state index contributed by atoms with van der Waals surface area (Å²) in [6, 6.07) is 13.8. The fourth-order valence-corrected chi connectivity index (χ4v) is 3.50. The van der Waals surface area contributed by atoms with Gasteiger partial charge in [0.15, 0.2) is 6.10 Å². The highest BCUT2D eigenvalue weighted by Crippen LogP contribution is 2.12. The maximum Gasteiger partial charge on any atom is 0.307 e. The number of esters is 1. The Hall–Kier alpha value is -2.71. The molecule has 0 aliphatic heterocycles. The monoisotopic (exact) mass is 418 g/mol. The van der Waals surface area contributed by atoms with Crippen molar-refractivity contribution in [2.24, 2.45) is 0 Å². The van der Waals surface area contributed by atoms with E-state index in [0.29, 0.717) is 5.69 Å². The first-order valence-electron chi connectivity index (χ1n) is 9.37. The summed E-state index contributed by atoms with van der Waals surface area (Å²) in [6.07, 6.45) is -0.286. The first kappa shape index (κ1) is 22.6. The van der Waals surface area contributed by atoms with Crippen LogP contribution in [-0.2, 0) is 30.8 Å². The number of anilines is 1. The summed E-state index contributed by atoms with van der Waals surface area (Å²) in [4.78, 5) is 24.2. The number of aryl methyl sites for hydroxylation is 2. The molecule has 0 aromatic heterocycles. The molecule has 1 atom stereocenters. The van der Waals surface area contributed by atoms with Gasteiger partial charge in [0.2, 0.25) is 10.0 Å². The molecule has 2 aromatic rings. The Morgan fingerprint density at radius 2 is 1.66 bits per heavy atom. The Morgan fingerprint density at radius 3 is 2.24 bits per heavy atom. The zero-order chi connectivity index (χ0) is 21.4. The number of ether oxygens (including phenoxy) is 1. The molecule has 1 unspecified atom stereocenters. The van der Waals surface area contributed by atoms with Gasteiger partial charge in [-0.15, -0.1) is 0 Å². The minimum atomic E-state index is -3.70. The average Bonchev–Trinajstić information content (AvgIpc) is 2.68. The highest BCUT2D eigenvalue weighted by molar-refractivity contribution is 7.89. The molecule has 2 aromatic carbocycles. The van der Waals surface area contributed by atoms with Crippen molar-refractivity contribution >= 4 is 27.6 Å². The summed E-state index contributed by atoms with van der Waals surface area (Å²) >= 11 is 0. The van der Waals surface area contributed by atoms with Crippen LogP contribution in [0.25, 0.3) is 0 Å². The number of hydrogen-bond donors (Lipinski definition) is 2. The molecule has 156 valence electrons. The predicted molar refractivity (Wildman–Crippen MR) is 111 cm³/mol. The first-order valence-corrected chi connectivity index (χ1v) is 10.8. The van der Waals surface area contributed by atoms with Gasteiger partial charge in [-0.05, 0) is 50.1 Å². The number of hydrogen-bond acceptors (Lipinski definition) is 5. The van der Waals surface area contributed by atoms with Crippen molar-refractivity contribution in [2.75, 3.05) is 11.9 Å². The number of sulfonamides is 1. The Kier molecular flexibility index (Phi) is 7.92. The molecule has 0 aliphatic rings. The number of carbonyl (C=O) groups excluding carboxylic acids is 2. The largest absolute Gasteiger partial charge is 0.452 e. The maximum absolute atomic E-state index is 12.2. The third-order valence-electron chi connectivity index (χ3n) is 4.26. The van der Waals surface area contributed by atoms with Crippen LogP contribution in [0.3, 0.4) is 0 Å². The first-order chi connectivity index (χ1) is 13.7. The Bertz CT molecular complexity index is 938. The van der Waals surface area contributed by atoms with Crippen molar-refractivity contribution in [3.63, 3.8) is 0 Å². The smallest absolute Gasteiger partial charge is 0.307 e. The SMILES string of the molecule is CCc1ccc(NC(=O)C(C)OC(=O)CCNS(=O)(=O)c2ccc(C)cc2)cc1. The minimum absolute atomic E-state index is 0.123. The Balaban J connectivity index is 1.78. The zero-order valence-electron chi connectivity index (χ0n) is 16.8. The van der Waals surface area contributed by atoms with Gasteiger partial charge in [-0.2, -0.15) is 0 Å². The van der Waals surface area contributed by atoms with Crippen LogP contribution < -0.4 is 10.0 Å². The van der Waals surface area contributed by atoms with Crippen LogP contribution >= 0.6 is 0 Å². The number of carbonyl (C=O) groups is 2. The fraction of sp³-hybridized carbons (Fsp3) is 0.333. The molecule has 29 heavy (non-hydrogen) atoms. The lowest BCUT2D eigenvalue weighted by atomic mass is 10.1. The lowest BCUT2D eigenvalue weighted by molar-refractivity contribution is -0.152. The van der Waals surface area contributed by atoms with E-state index in [4.69, 9.17) is 4.74 Å². The molecular formula is C21H26N2O5S. The quantitative estimate of drug-likeness (QED) is 0.610. The number of amides is 1. The van der Waals surface area contributed by atoms with Crippen LogP contribution in [-0.4, -0.2) is 32.9 Å². The summed E-state index contributed by atoms with van der Waals surface area (Å²) in [7, 11) is -3.70. The van der Waals surface area contributed by atoms with E-state index < -0.39 is 28.0 Å². The average molecular weight is 419 g/mol. The fourth-order valence-electron chi connectivity index (χ4n) is 2.47. The Morgan fingerprint density at radius 1 is 1.03 bits per heavy atom. The predicted octanol–water partition coefficient (Wildman–Crippen LogP) is 2.80. The van der Waals surface area contributed by atoms with Crippen molar-refractivity contribution in [3.8, 4) is 0 Å². The lowest BCUT2D eigenvalue weighted by Crippen LogP contribution is -2.32. The molecule has 1 amide bonds. The van der Waals surface area contributed by atoms with Crippen LogP contribution in [0.4, 0.5) is 5.69 Å². The van der Waals surface area contributed by atoms with E-state index in [9.17, 15) is 18.0 Å². The third-order valence-corrected chi connectivity index (χ3v) is 5.74. The summed E-state index contributed by atoms with van der Waals surface area (Å²) in [5.41, 5.74) is 2.71. The minimum Gasteiger partial charge on any atom is -0.452 e. The van der Waals surface area contributed by atoms with Crippen molar-refractivity contribution in [1.29, 1.82) is 0 Å². The van der Waals surface area contributed by atoms with E-state index in [2.05, 4.69) is 10.0 Å². The zero-order valence-corrected chi connectivity index (χ0v) is 17.6. The van der Waals surface area contributed by atoms with Gasteiger partial charge in [0.05, 0.1) is 11.3 Å². The van der Waals surface area contributed by atoms with E-state index in [1.54, 1.807) is 24.3 Å². The second-order valence-corrected chi connectivity index (χ2v) is 8.40. The lowest BCUT2D eigenvalue weighted by Gasteiger charge is -2.14. The van der Waals surface area contributed by atoms with Crippen molar-refractivity contribution < 1.29 is 22.7 Å². The maximum atomic E-state index is 12.2.